The van der Waals surface area contributed by atoms with Gasteiger partial charge in [0.05, 0.1) is 11.6 Å². The lowest BCUT2D eigenvalue weighted by atomic mass is 9.80. The molecule has 162 valence electrons. The van der Waals surface area contributed by atoms with Crippen molar-refractivity contribution in [2.45, 2.75) is 49.2 Å². The molecule has 2 aliphatic heterocycles. The van der Waals surface area contributed by atoms with E-state index < -0.39 is 23.3 Å². The van der Waals surface area contributed by atoms with Crippen LogP contribution in [0.4, 0.5) is 13.2 Å². The molecule has 6 nitrogen and oxygen atoms in total. The number of tetrazole rings is 1. The summed E-state index contributed by atoms with van der Waals surface area (Å²) in [6.07, 6.45) is -2.19. The molecule has 1 N–H and O–H groups in total. The fraction of sp³-hybridized carbons (Fsp3) is 0.409. The predicted octanol–water partition coefficient (Wildman–Crippen LogP) is 4.07. The molecule has 3 atom stereocenters. The minimum Gasteiger partial charge on any atom is -0.341 e. The molecule has 2 aromatic carbocycles. The zero-order chi connectivity index (χ0) is 21.5. The maximum atomic E-state index is 13.8. The van der Waals surface area contributed by atoms with Gasteiger partial charge < -0.3 is 10.1 Å². The zero-order valence-electron chi connectivity index (χ0n) is 16.7. The monoisotopic (exact) mass is 429 g/mol. The average Bonchev–Trinajstić information content (AvgIpc) is 3.42. The molecule has 0 bridgehead atoms. The van der Waals surface area contributed by atoms with Gasteiger partial charge in [-0.2, -0.15) is 17.9 Å². The highest BCUT2D eigenvalue weighted by Gasteiger charge is 2.58. The van der Waals surface area contributed by atoms with E-state index >= 15 is 0 Å². The number of nitrogens with one attached hydrogen (secondary N) is 1. The second kappa shape index (κ2) is 7.42. The third-order valence-electron chi connectivity index (χ3n) is 6.33. The first-order valence-electron chi connectivity index (χ1n) is 10.3. The summed E-state index contributed by atoms with van der Waals surface area (Å²) < 4.78 is 48.9. The molecule has 2 fully saturated rings. The Morgan fingerprint density at radius 1 is 0.968 bits per heavy atom. The number of aromatic nitrogens is 4. The van der Waals surface area contributed by atoms with Gasteiger partial charge in [-0.25, -0.2) is 0 Å². The van der Waals surface area contributed by atoms with Gasteiger partial charge in [-0.15, -0.1) is 5.10 Å². The molecule has 9 heteroatoms. The first-order chi connectivity index (χ1) is 14.9. The van der Waals surface area contributed by atoms with E-state index in [2.05, 4.69) is 20.8 Å². The summed E-state index contributed by atoms with van der Waals surface area (Å²) in [5.41, 5.74) is -0.466. The first-order valence-corrected chi connectivity index (χ1v) is 10.3. The fourth-order valence-electron chi connectivity index (χ4n) is 5.01. The van der Waals surface area contributed by atoms with Gasteiger partial charge in [0.25, 0.3) is 5.82 Å². The highest BCUT2D eigenvalue weighted by atomic mass is 19.4. The topological polar surface area (TPSA) is 64.9 Å². The van der Waals surface area contributed by atoms with Crippen molar-refractivity contribution in [2.75, 3.05) is 6.54 Å². The third-order valence-corrected chi connectivity index (χ3v) is 6.33. The number of ether oxygens (including phenoxy) is 1. The van der Waals surface area contributed by atoms with Gasteiger partial charge in [0.2, 0.25) is 0 Å². The fourth-order valence-corrected chi connectivity index (χ4v) is 5.01. The molecule has 3 aromatic rings. The van der Waals surface area contributed by atoms with Crippen molar-refractivity contribution in [2.24, 2.45) is 0 Å². The smallest absolute Gasteiger partial charge is 0.341 e. The van der Waals surface area contributed by atoms with Gasteiger partial charge in [-0.05, 0) is 41.8 Å². The Balaban J connectivity index is 1.64. The van der Waals surface area contributed by atoms with Crippen LogP contribution in [0.5, 0.6) is 0 Å². The lowest BCUT2D eigenvalue weighted by Crippen LogP contribution is -2.51. The van der Waals surface area contributed by atoms with Crippen LogP contribution in [0, 0.1) is 0 Å². The van der Waals surface area contributed by atoms with Crippen LogP contribution in [0.25, 0.3) is 0 Å². The molecular formula is C22H22F3N5O. The summed E-state index contributed by atoms with van der Waals surface area (Å²) >= 11 is 0. The number of hydrogen-bond acceptors (Lipinski definition) is 5. The molecule has 0 radical (unpaired) electrons. The van der Waals surface area contributed by atoms with Crippen LogP contribution >= 0.6 is 0 Å². The largest absolute Gasteiger partial charge is 0.453 e. The molecule has 0 aliphatic carbocycles. The van der Waals surface area contributed by atoms with Crippen molar-refractivity contribution in [1.82, 2.24) is 25.5 Å². The van der Waals surface area contributed by atoms with Crippen LogP contribution in [0.15, 0.2) is 60.7 Å². The van der Waals surface area contributed by atoms with E-state index in [4.69, 9.17) is 4.74 Å². The Kier molecular flexibility index (Phi) is 4.82. The zero-order valence-corrected chi connectivity index (χ0v) is 16.7. The number of rotatable bonds is 3. The summed E-state index contributed by atoms with van der Waals surface area (Å²) in [6.45, 7) is 0.821. The maximum absolute atomic E-state index is 13.8. The standard InChI is InChI=1S/C22H22F3N5O/c23-22(24,25)19-27-28-29-30(19)21(17-10-5-2-6-11-17)14-13-20(31-21)12-7-15-26-18(20)16-8-3-1-4-9-16/h1-6,8-11,18,26H,7,12-15H2. The molecule has 31 heavy (non-hydrogen) atoms. The second-order valence-electron chi connectivity index (χ2n) is 8.13. The quantitative estimate of drug-likeness (QED) is 0.680. The van der Waals surface area contributed by atoms with Crippen LogP contribution in [0.1, 0.15) is 48.7 Å². The predicted molar refractivity (Wildman–Crippen MR) is 106 cm³/mol. The van der Waals surface area contributed by atoms with Crippen LogP contribution in [-0.4, -0.2) is 32.4 Å². The molecule has 0 saturated carbocycles. The van der Waals surface area contributed by atoms with Crippen LogP contribution in [0.2, 0.25) is 0 Å². The Morgan fingerprint density at radius 3 is 2.39 bits per heavy atom. The molecule has 1 spiro atoms. The van der Waals surface area contributed by atoms with Crippen molar-refractivity contribution in [1.29, 1.82) is 0 Å². The Hall–Kier alpha value is -2.78. The second-order valence-corrected chi connectivity index (χ2v) is 8.13. The molecule has 1 aromatic heterocycles. The van der Waals surface area contributed by atoms with Crippen molar-refractivity contribution >= 4 is 0 Å². The van der Waals surface area contributed by atoms with E-state index in [1.54, 1.807) is 24.3 Å². The maximum Gasteiger partial charge on any atom is 0.453 e. The summed E-state index contributed by atoms with van der Waals surface area (Å²) in [5.74, 6) is -1.16. The molecule has 0 amide bonds. The molecule has 2 aliphatic rings. The van der Waals surface area contributed by atoms with Gasteiger partial charge in [0.15, 0.2) is 5.72 Å². The van der Waals surface area contributed by atoms with Gasteiger partial charge >= 0.3 is 6.18 Å². The Morgan fingerprint density at radius 2 is 1.68 bits per heavy atom. The van der Waals surface area contributed by atoms with Crippen molar-refractivity contribution in [3.63, 3.8) is 0 Å². The van der Waals surface area contributed by atoms with E-state index in [0.717, 1.165) is 29.6 Å². The lowest BCUT2D eigenvalue weighted by Gasteiger charge is -2.44. The van der Waals surface area contributed by atoms with Gasteiger partial charge in [0.1, 0.15) is 0 Å². The van der Waals surface area contributed by atoms with Crippen LogP contribution in [0.3, 0.4) is 0 Å². The third kappa shape index (κ3) is 3.32. The van der Waals surface area contributed by atoms with E-state index in [1.807, 2.05) is 36.4 Å². The van der Waals surface area contributed by atoms with Gasteiger partial charge in [-0.1, -0.05) is 60.7 Å². The number of benzene rings is 2. The molecular weight excluding hydrogens is 407 g/mol. The summed E-state index contributed by atoms with van der Waals surface area (Å²) in [7, 11) is 0. The lowest BCUT2D eigenvalue weighted by molar-refractivity contribution is -0.181. The minimum absolute atomic E-state index is 0.140. The van der Waals surface area contributed by atoms with Crippen molar-refractivity contribution in [3.05, 3.63) is 77.6 Å². The van der Waals surface area contributed by atoms with Crippen molar-refractivity contribution in [3.8, 4) is 0 Å². The molecule has 2 saturated heterocycles. The molecule has 3 heterocycles. The van der Waals surface area contributed by atoms with Crippen LogP contribution < -0.4 is 5.32 Å². The Bertz CT molecular complexity index is 1040. The number of nitrogens with zero attached hydrogens (tertiary/aromatic N) is 4. The summed E-state index contributed by atoms with van der Waals surface area (Å²) in [4.78, 5) is 0. The minimum atomic E-state index is -4.70. The normalized spacial score (nSPS) is 28.8. The highest BCUT2D eigenvalue weighted by Crippen LogP contribution is 2.54. The first kappa shape index (κ1) is 20.1. The average molecular weight is 429 g/mol. The number of piperidine rings is 1. The van der Waals surface area contributed by atoms with Gasteiger partial charge in [-0.3, -0.25) is 0 Å². The number of halogens is 3. The van der Waals surface area contributed by atoms with E-state index in [0.29, 0.717) is 18.4 Å². The SMILES string of the molecule is FC(F)(F)c1nnnn1C1(c2ccccc2)CCC2(CCCNC2c2ccccc2)O1. The summed E-state index contributed by atoms with van der Waals surface area (Å²) in [6, 6.07) is 18.7. The molecule has 5 rings (SSSR count). The molecule has 3 unspecified atom stereocenters. The number of alkyl halides is 3. The van der Waals surface area contributed by atoms with Crippen molar-refractivity contribution < 1.29 is 17.9 Å². The van der Waals surface area contributed by atoms with Gasteiger partial charge in [0, 0.05) is 12.0 Å². The van der Waals surface area contributed by atoms with E-state index in [9.17, 15) is 13.2 Å². The number of hydrogen-bond donors (Lipinski definition) is 1. The van der Waals surface area contributed by atoms with E-state index in [-0.39, 0.29) is 6.04 Å². The summed E-state index contributed by atoms with van der Waals surface area (Å²) in [5, 5.41) is 14.0. The highest BCUT2D eigenvalue weighted by molar-refractivity contribution is 5.29. The van der Waals surface area contributed by atoms with E-state index in [1.165, 1.54) is 0 Å². The van der Waals surface area contributed by atoms with Crippen LogP contribution in [-0.2, 0) is 16.6 Å². The Labute approximate surface area is 177 Å².